The van der Waals surface area contributed by atoms with Crippen molar-refractivity contribution in [1.29, 1.82) is 0 Å². The number of nitrogens with zero attached hydrogens (tertiary/aromatic N) is 2. The lowest BCUT2D eigenvalue weighted by Gasteiger charge is -2.11. The van der Waals surface area contributed by atoms with Crippen LogP contribution in [0.3, 0.4) is 0 Å². The van der Waals surface area contributed by atoms with Gasteiger partial charge in [-0.1, -0.05) is 12.1 Å². The molecule has 0 saturated heterocycles. The summed E-state index contributed by atoms with van der Waals surface area (Å²) in [6, 6.07) is 7.50. The van der Waals surface area contributed by atoms with Gasteiger partial charge in [-0.2, -0.15) is 13.2 Å². The summed E-state index contributed by atoms with van der Waals surface area (Å²) in [4.78, 5) is 18.9. The number of aliphatic imine (C=N–C) groups is 1. The highest BCUT2D eigenvalue weighted by Gasteiger charge is 2.33. The van der Waals surface area contributed by atoms with Crippen LogP contribution in [0.15, 0.2) is 34.6 Å². The molecule has 0 saturated carbocycles. The molecule has 0 atom stereocenters. The number of benzene rings is 1. The molecule has 3 N–H and O–H groups in total. The molecule has 0 unspecified atom stereocenters. The van der Waals surface area contributed by atoms with Crippen molar-refractivity contribution in [1.82, 2.24) is 15.6 Å². The van der Waals surface area contributed by atoms with Gasteiger partial charge in [0.05, 0.1) is 6.54 Å². The molecular formula is C18H23F3IN5OS. The quantitative estimate of drug-likeness (QED) is 0.281. The van der Waals surface area contributed by atoms with E-state index in [4.69, 9.17) is 0 Å². The van der Waals surface area contributed by atoms with Gasteiger partial charge in [-0.3, -0.25) is 4.79 Å². The van der Waals surface area contributed by atoms with Crippen LogP contribution < -0.4 is 16.0 Å². The van der Waals surface area contributed by atoms with Crippen molar-refractivity contribution in [3.63, 3.8) is 0 Å². The van der Waals surface area contributed by atoms with Crippen molar-refractivity contribution < 1.29 is 18.0 Å². The zero-order chi connectivity index (χ0) is 20.6. The first-order valence-corrected chi connectivity index (χ1v) is 9.56. The number of alkyl halides is 3. The van der Waals surface area contributed by atoms with E-state index in [1.165, 1.54) is 6.92 Å². The monoisotopic (exact) mass is 541 g/mol. The number of amides is 1. The van der Waals surface area contributed by atoms with Crippen molar-refractivity contribution in [3.05, 3.63) is 45.9 Å². The summed E-state index contributed by atoms with van der Waals surface area (Å²) in [5.74, 6) is 0.393. The first-order valence-electron chi connectivity index (χ1n) is 8.68. The number of carbonyl (C=O) groups excluding carboxylic acids is 1. The molecule has 1 heterocycles. The summed E-state index contributed by atoms with van der Waals surface area (Å²) >= 11 is 0.939. The maximum atomic E-state index is 12.6. The van der Waals surface area contributed by atoms with Gasteiger partial charge in [0.1, 0.15) is 5.01 Å². The Morgan fingerprint density at radius 3 is 2.45 bits per heavy atom. The van der Waals surface area contributed by atoms with Crippen LogP contribution in [-0.2, 0) is 23.9 Å². The summed E-state index contributed by atoms with van der Waals surface area (Å²) in [5.41, 5.74) is 0.927. The van der Waals surface area contributed by atoms with Gasteiger partial charge in [0.25, 0.3) is 0 Å². The second-order valence-corrected chi connectivity index (χ2v) is 6.82. The van der Waals surface area contributed by atoms with Crippen LogP contribution in [0.2, 0.25) is 0 Å². The van der Waals surface area contributed by atoms with E-state index >= 15 is 0 Å². The highest BCUT2D eigenvalue weighted by Crippen LogP contribution is 2.30. The van der Waals surface area contributed by atoms with Crippen LogP contribution in [0.1, 0.15) is 30.1 Å². The van der Waals surface area contributed by atoms with Crippen molar-refractivity contribution in [2.45, 2.75) is 33.0 Å². The number of halogens is 4. The van der Waals surface area contributed by atoms with Crippen molar-refractivity contribution in [2.75, 3.05) is 18.4 Å². The van der Waals surface area contributed by atoms with E-state index in [9.17, 15) is 18.0 Å². The maximum Gasteiger partial charge on any atom is 0.434 e. The zero-order valence-electron chi connectivity index (χ0n) is 16.0. The minimum atomic E-state index is -4.43. The molecule has 2 rings (SSSR count). The third-order valence-electron chi connectivity index (χ3n) is 3.54. The van der Waals surface area contributed by atoms with E-state index in [1.807, 2.05) is 31.2 Å². The van der Waals surface area contributed by atoms with E-state index in [0.29, 0.717) is 24.1 Å². The van der Waals surface area contributed by atoms with Gasteiger partial charge < -0.3 is 16.0 Å². The van der Waals surface area contributed by atoms with Gasteiger partial charge in [0.2, 0.25) is 5.91 Å². The minimum Gasteiger partial charge on any atom is -0.357 e. The number of nitrogens with one attached hydrogen (secondary N) is 3. The molecule has 0 bridgehead atoms. The number of anilines is 1. The Kier molecular flexibility index (Phi) is 10.4. The summed E-state index contributed by atoms with van der Waals surface area (Å²) in [5, 5.41) is 10.2. The Balaban J connectivity index is 0.00000420. The van der Waals surface area contributed by atoms with E-state index in [-0.39, 0.29) is 36.4 Å². The molecule has 2 aromatic rings. The van der Waals surface area contributed by atoms with E-state index in [0.717, 1.165) is 34.4 Å². The minimum absolute atomic E-state index is 0. The number of thiazole rings is 1. The van der Waals surface area contributed by atoms with Gasteiger partial charge >= 0.3 is 6.18 Å². The number of hydrogen-bond acceptors (Lipinski definition) is 4. The molecule has 0 aliphatic carbocycles. The zero-order valence-corrected chi connectivity index (χ0v) is 19.1. The molecule has 6 nitrogen and oxygen atoms in total. The molecule has 0 radical (unpaired) electrons. The van der Waals surface area contributed by atoms with E-state index in [2.05, 4.69) is 25.9 Å². The fourth-order valence-corrected chi connectivity index (χ4v) is 3.01. The van der Waals surface area contributed by atoms with Crippen LogP contribution in [0.25, 0.3) is 0 Å². The van der Waals surface area contributed by atoms with Gasteiger partial charge in [-0.05, 0) is 31.0 Å². The second-order valence-electron chi connectivity index (χ2n) is 5.87. The average Bonchev–Trinajstić information content (AvgIpc) is 3.10. The lowest BCUT2D eigenvalue weighted by atomic mass is 10.1. The highest BCUT2D eigenvalue weighted by atomic mass is 127. The van der Waals surface area contributed by atoms with Crippen LogP contribution in [0.4, 0.5) is 18.9 Å². The molecule has 160 valence electrons. The predicted octanol–water partition coefficient (Wildman–Crippen LogP) is 4.04. The molecule has 0 fully saturated rings. The predicted molar refractivity (Wildman–Crippen MR) is 120 cm³/mol. The smallest absolute Gasteiger partial charge is 0.357 e. The first-order chi connectivity index (χ1) is 13.3. The lowest BCUT2D eigenvalue weighted by Crippen LogP contribution is -2.38. The number of aromatic nitrogens is 1. The van der Waals surface area contributed by atoms with Gasteiger partial charge in [-0.25, -0.2) is 9.98 Å². The number of hydrogen-bond donors (Lipinski definition) is 3. The molecule has 11 heteroatoms. The SMILES string of the molecule is CCNC(=NCc1nc(C(F)(F)F)cs1)NCCc1ccc(NC(C)=O)cc1.I. The number of carbonyl (C=O) groups is 1. The summed E-state index contributed by atoms with van der Waals surface area (Å²) in [6.45, 7) is 4.65. The fourth-order valence-electron chi connectivity index (χ4n) is 2.29. The molecule has 0 aliphatic heterocycles. The molecule has 1 amide bonds. The van der Waals surface area contributed by atoms with Crippen LogP contribution >= 0.6 is 35.3 Å². The molecule has 0 aliphatic rings. The molecule has 29 heavy (non-hydrogen) atoms. The topological polar surface area (TPSA) is 78.4 Å². The third kappa shape index (κ3) is 8.98. The van der Waals surface area contributed by atoms with Crippen LogP contribution in [-0.4, -0.2) is 29.9 Å². The Morgan fingerprint density at radius 1 is 1.21 bits per heavy atom. The van der Waals surface area contributed by atoms with Crippen molar-refractivity contribution >= 4 is 52.9 Å². The normalized spacial score (nSPS) is 11.6. The largest absolute Gasteiger partial charge is 0.434 e. The third-order valence-corrected chi connectivity index (χ3v) is 4.37. The van der Waals surface area contributed by atoms with Gasteiger partial charge in [-0.15, -0.1) is 35.3 Å². The Bertz CT molecular complexity index is 809. The molecular weight excluding hydrogens is 518 g/mol. The van der Waals surface area contributed by atoms with Crippen molar-refractivity contribution in [3.8, 4) is 0 Å². The first kappa shape index (κ1) is 25.1. The van der Waals surface area contributed by atoms with E-state index in [1.54, 1.807) is 0 Å². The van der Waals surface area contributed by atoms with E-state index < -0.39 is 11.9 Å². The highest BCUT2D eigenvalue weighted by molar-refractivity contribution is 14.0. The maximum absolute atomic E-state index is 12.6. The molecule has 0 spiro atoms. The fraction of sp³-hybridized carbons (Fsp3) is 0.389. The lowest BCUT2D eigenvalue weighted by molar-refractivity contribution is -0.140. The number of guanidine groups is 1. The van der Waals surface area contributed by atoms with Gasteiger partial charge in [0, 0.05) is 31.1 Å². The standard InChI is InChI=1S/C18H22F3N5OS.HI/c1-3-22-17(24-10-16-26-15(11-28-16)18(19,20)21)23-9-8-13-4-6-14(7-5-13)25-12(2)27;/h4-7,11H,3,8-10H2,1-2H3,(H,25,27)(H2,22,23,24);1H. The van der Waals surface area contributed by atoms with Crippen LogP contribution in [0, 0.1) is 0 Å². The Morgan fingerprint density at radius 2 is 1.90 bits per heavy atom. The van der Waals surface area contributed by atoms with Gasteiger partial charge in [0.15, 0.2) is 11.7 Å². The molecule has 1 aromatic heterocycles. The van der Waals surface area contributed by atoms with Crippen LogP contribution in [0.5, 0.6) is 0 Å². The molecule has 1 aromatic carbocycles. The Labute approximate surface area is 188 Å². The average molecular weight is 541 g/mol. The Hall–Kier alpha value is -1.89. The summed E-state index contributed by atoms with van der Waals surface area (Å²) in [7, 11) is 0. The second kappa shape index (κ2) is 12.0. The summed E-state index contributed by atoms with van der Waals surface area (Å²) < 4.78 is 37.8. The van der Waals surface area contributed by atoms with Crippen molar-refractivity contribution in [2.24, 2.45) is 4.99 Å². The number of rotatable bonds is 7. The summed E-state index contributed by atoms with van der Waals surface area (Å²) in [6.07, 6.45) is -3.71.